The average molecular weight is 387 g/mol. The second-order valence-corrected chi connectivity index (χ2v) is 7.46. The Morgan fingerprint density at radius 1 is 1.15 bits per heavy atom. The lowest BCUT2D eigenvalue weighted by molar-refractivity contribution is -0.119. The highest BCUT2D eigenvalue weighted by Gasteiger charge is 2.20. The van der Waals surface area contributed by atoms with Crippen molar-refractivity contribution in [2.75, 3.05) is 45.7 Å². The molecule has 5 nitrogen and oxygen atoms in total. The van der Waals surface area contributed by atoms with Crippen molar-refractivity contribution in [2.45, 2.75) is 10.9 Å². The molecule has 1 fully saturated rings. The number of ether oxygens (including phenoxy) is 2. The van der Waals surface area contributed by atoms with Gasteiger partial charge in [-0.3, -0.25) is 9.69 Å². The number of hydrogen-bond acceptors (Lipinski definition) is 5. The van der Waals surface area contributed by atoms with Crippen molar-refractivity contribution < 1.29 is 14.3 Å². The molecule has 1 saturated heterocycles. The van der Waals surface area contributed by atoms with Crippen molar-refractivity contribution in [3.63, 3.8) is 0 Å². The molecular weight excluding hydrogens is 360 g/mol. The van der Waals surface area contributed by atoms with E-state index in [1.54, 1.807) is 7.11 Å². The number of carbonyl (C=O) groups is 1. The molecule has 0 spiro atoms. The Hall–Kier alpha value is -2.02. The molecule has 0 saturated carbocycles. The van der Waals surface area contributed by atoms with Gasteiger partial charge in [-0.05, 0) is 29.8 Å². The molecule has 0 unspecified atom stereocenters. The predicted molar refractivity (Wildman–Crippen MR) is 108 cm³/mol. The molecular formula is C21H26N2O3S. The minimum absolute atomic E-state index is 0.0201. The number of rotatable bonds is 8. The minimum Gasteiger partial charge on any atom is -0.497 e. The lowest BCUT2D eigenvalue weighted by Gasteiger charge is -2.31. The number of methoxy groups -OCH3 is 1. The molecule has 1 N–H and O–H groups in total. The van der Waals surface area contributed by atoms with E-state index in [1.165, 1.54) is 11.8 Å². The number of amides is 1. The summed E-state index contributed by atoms with van der Waals surface area (Å²) in [5.74, 6) is 1.25. The summed E-state index contributed by atoms with van der Waals surface area (Å²) >= 11 is 1.53. The Morgan fingerprint density at radius 2 is 1.85 bits per heavy atom. The molecule has 144 valence electrons. The number of morpholine rings is 1. The van der Waals surface area contributed by atoms with Crippen molar-refractivity contribution in [1.82, 2.24) is 10.2 Å². The summed E-state index contributed by atoms with van der Waals surface area (Å²) in [6, 6.07) is 17.9. The van der Waals surface area contributed by atoms with Crippen LogP contribution in [0.15, 0.2) is 59.5 Å². The molecule has 3 rings (SSSR count). The highest BCUT2D eigenvalue weighted by atomic mass is 32.2. The Labute approximate surface area is 165 Å². The van der Waals surface area contributed by atoms with Gasteiger partial charge in [0.15, 0.2) is 0 Å². The van der Waals surface area contributed by atoms with Gasteiger partial charge >= 0.3 is 0 Å². The fourth-order valence-electron chi connectivity index (χ4n) is 3.02. The summed E-state index contributed by atoms with van der Waals surface area (Å²) in [6.45, 7) is 4.11. The topological polar surface area (TPSA) is 50.8 Å². The van der Waals surface area contributed by atoms with Gasteiger partial charge in [0.2, 0.25) is 5.91 Å². The second kappa shape index (κ2) is 10.3. The maximum absolute atomic E-state index is 12.6. The number of benzene rings is 2. The molecule has 0 aromatic heterocycles. The first kappa shape index (κ1) is 19.7. The highest BCUT2D eigenvalue weighted by molar-refractivity contribution is 8.00. The van der Waals surface area contributed by atoms with Crippen LogP contribution in [0.3, 0.4) is 0 Å². The first-order valence-corrected chi connectivity index (χ1v) is 10.1. The standard InChI is InChI=1S/C21H26N2O3S/c1-25-18-7-9-19(10-8-18)27-16-21(24)22-20(17-5-3-2-4-6-17)15-23-11-13-26-14-12-23/h2-10,20H,11-16H2,1H3,(H,22,24)/t20-/m1/s1. The Kier molecular flexibility index (Phi) is 7.56. The maximum Gasteiger partial charge on any atom is 0.230 e. The summed E-state index contributed by atoms with van der Waals surface area (Å²) in [7, 11) is 1.65. The molecule has 1 atom stereocenters. The van der Waals surface area contributed by atoms with Crippen LogP contribution >= 0.6 is 11.8 Å². The van der Waals surface area contributed by atoms with E-state index in [9.17, 15) is 4.79 Å². The van der Waals surface area contributed by atoms with Crippen molar-refractivity contribution in [2.24, 2.45) is 0 Å². The van der Waals surface area contributed by atoms with Crippen LogP contribution in [0.5, 0.6) is 5.75 Å². The fraction of sp³-hybridized carbons (Fsp3) is 0.381. The number of nitrogens with zero attached hydrogens (tertiary/aromatic N) is 1. The zero-order chi connectivity index (χ0) is 18.9. The van der Waals surface area contributed by atoms with Crippen LogP contribution in [0.1, 0.15) is 11.6 Å². The van der Waals surface area contributed by atoms with E-state index in [1.807, 2.05) is 42.5 Å². The lowest BCUT2D eigenvalue weighted by atomic mass is 10.1. The molecule has 1 aliphatic rings. The quantitative estimate of drug-likeness (QED) is 0.707. The van der Waals surface area contributed by atoms with E-state index in [0.29, 0.717) is 5.75 Å². The van der Waals surface area contributed by atoms with E-state index in [2.05, 4.69) is 22.3 Å². The smallest absolute Gasteiger partial charge is 0.230 e. The fourth-order valence-corrected chi connectivity index (χ4v) is 3.73. The normalized spacial score (nSPS) is 15.9. The third-order valence-electron chi connectivity index (χ3n) is 4.51. The summed E-state index contributed by atoms with van der Waals surface area (Å²) in [5.41, 5.74) is 1.13. The van der Waals surface area contributed by atoms with Gasteiger partial charge in [0.05, 0.1) is 32.1 Å². The van der Waals surface area contributed by atoms with E-state index >= 15 is 0 Å². The Morgan fingerprint density at radius 3 is 2.52 bits per heavy atom. The van der Waals surface area contributed by atoms with Crippen LogP contribution in [-0.2, 0) is 9.53 Å². The van der Waals surface area contributed by atoms with Gasteiger partial charge < -0.3 is 14.8 Å². The van der Waals surface area contributed by atoms with Gasteiger partial charge in [0.25, 0.3) is 0 Å². The van der Waals surface area contributed by atoms with Gasteiger partial charge in [-0.15, -0.1) is 11.8 Å². The van der Waals surface area contributed by atoms with Crippen LogP contribution in [0.4, 0.5) is 0 Å². The van der Waals surface area contributed by atoms with Crippen LogP contribution in [0, 0.1) is 0 Å². The number of hydrogen-bond donors (Lipinski definition) is 1. The van der Waals surface area contributed by atoms with Gasteiger partial charge in [-0.1, -0.05) is 30.3 Å². The molecule has 2 aromatic carbocycles. The highest BCUT2D eigenvalue weighted by Crippen LogP contribution is 2.22. The first-order chi connectivity index (χ1) is 13.2. The third-order valence-corrected chi connectivity index (χ3v) is 5.52. The summed E-state index contributed by atoms with van der Waals surface area (Å²) in [6.07, 6.45) is 0. The Bertz CT molecular complexity index is 703. The number of carbonyl (C=O) groups excluding carboxylic acids is 1. The molecule has 0 aliphatic carbocycles. The summed E-state index contributed by atoms with van der Waals surface area (Å²) in [4.78, 5) is 16.0. The largest absolute Gasteiger partial charge is 0.497 e. The van der Waals surface area contributed by atoms with Crippen molar-refractivity contribution >= 4 is 17.7 Å². The van der Waals surface area contributed by atoms with E-state index < -0.39 is 0 Å². The van der Waals surface area contributed by atoms with Gasteiger partial charge in [0.1, 0.15) is 5.75 Å². The number of thioether (sulfide) groups is 1. The first-order valence-electron chi connectivity index (χ1n) is 9.16. The molecule has 27 heavy (non-hydrogen) atoms. The van der Waals surface area contributed by atoms with E-state index in [4.69, 9.17) is 9.47 Å². The zero-order valence-corrected chi connectivity index (χ0v) is 16.4. The van der Waals surface area contributed by atoms with Crippen molar-refractivity contribution in [3.8, 4) is 5.75 Å². The molecule has 2 aromatic rings. The maximum atomic E-state index is 12.6. The third kappa shape index (κ3) is 6.27. The lowest BCUT2D eigenvalue weighted by Crippen LogP contribution is -2.43. The van der Waals surface area contributed by atoms with Gasteiger partial charge in [0, 0.05) is 24.5 Å². The molecule has 0 radical (unpaired) electrons. The van der Waals surface area contributed by atoms with Crippen LogP contribution in [0.25, 0.3) is 0 Å². The summed E-state index contributed by atoms with van der Waals surface area (Å²) < 4.78 is 10.6. The van der Waals surface area contributed by atoms with Crippen LogP contribution < -0.4 is 10.1 Å². The molecule has 1 heterocycles. The second-order valence-electron chi connectivity index (χ2n) is 6.41. The summed E-state index contributed by atoms with van der Waals surface area (Å²) in [5, 5.41) is 3.21. The number of nitrogens with one attached hydrogen (secondary N) is 1. The SMILES string of the molecule is COc1ccc(SCC(=O)N[C@H](CN2CCOCC2)c2ccccc2)cc1. The van der Waals surface area contributed by atoms with E-state index in [-0.39, 0.29) is 11.9 Å². The molecule has 0 bridgehead atoms. The van der Waals surface area contributed by atoms with Crippen LogP contribution in [-0.4, -0.2) is 56.5 Å². The minimum atomic E-state index is -0.0201. The van der Waals surface area contributed by atoms with Crippen molar-refractivity contribution in [1.29, 1.82) is 0 Å². The van der Waals surface area contributed by atoms with Crippen LogP contribution in [0.2, 0.25) is 0 Å². The predicted octanol–water partition coefficient (Wildman–Crippen LogP) is 2.98. The molecule has 6 heteroatoms. The Balaban J connectivity index is 1.57. The van der Waals surface area contributed by atoms with Gasteiger partial charge in [-0.25, -0.2) is 0 Å². The monoisotopic (exact) mass is 386 g/mol. The molecule has 1 aliphatic heterocycles. The van der Waals surface area contributed by atoms with Crippen molar-refractivity contribution in [3.05, 3.63) is 60.2 Å². The zero-order valence-electron chi connectivity index (χ0n) is 15.6. The van der Waals surface area contributed by atoms with Gasteiger partial charge in [-0.2, -0.15) is 0 Å². The average Bonchev–Trinajstić information content (AvgIpc) is 2.73. The molecule has 1 amide bonds. The van der Waals surface area contributed by atoms with E-state index in [0.717, 1.165) is 49.1 Å².